The first-order chi connectivity index (χ1) is 13.6. The molecule has 1 unspecified atom stereocenters. The smallest absolute Gasteiger partial charge is 0.306 e. The minimum atomic E-state index is -0.300. The Bertz CT molecular complexity index is 368. The third-order valence-corrected chi connectivity index (χ3v) is 5.36. The molecule has 166 valence electrons. The Morgan fingerprint density at radius 3 is 1.54 bits per heavy atom. The Labute approximate surface area is 174 Å². The predicted octanol–water partition coefficient (Wildman–Crippen LogP) is 6.99. The molecule has 0 aromatic rings. The molecule has 0 aliphatic heterocycles. The van der Waals surface area contributed by atoms with Crippen molar-refractivity contribution in [3.63, 3.8) is 0 Å². The largest absolute Gasteiger partial charge is 0.466 e. The van der Waals surface area contributed by atoms with Crippen LogP contribution >= 0.6 is 0 Å². The monoisotopic (exact) mass is 398 g/mol. The molecule has 0 N–H and O–H groups in total. The van der Waals surface area contributed by atoms with E-state index in [1.165, 1.54) is 64.2 Å². The molecule has 0 saturated carbocycles. The lowest BCUT2D eigenvalue weighted by Crippen LogP contribution is -2.12. The lowest BCUT2D eigenvalue weighted by Gasteiger charge is -2.09. The van der Waals surface area contributed by atoms with Gasteiger partial charge in [-0.05, 0) is 18.8 Å². The maximum atomic E-state index is 11.6. The van der Waals surface area contributed by atoms with Crippen molar-refractivity contribution in [2.45, 2.75) is 124 Å². The highest BCUT2D eigenvalue weighted by atomic mass is 16.5. The van der Waals surface area contributed by atoms with Crippen molar-refractivity contribution in [3.05, 3.63) is 0 Å². The molecule has 0 rings (SSSR count). The van der Waals surface area contributed by atoms with Crippen LogP contribution in [0.4, 0.5) is 0 Å². The first-order valence-corrected chi connectivity index (χ1v) is 11.9. The highest BCUT2D eigenvalue weighted by molar-refractivity contribution is 5.77. The molecule has 1 atom stereocenters. The van der Waals surface area contributed by atoms with E-state index in [2.05, 4.69) is 20.8 Å². The van der Waals surface area contributed by atoms with Crippen LogP contribution in [0.2, 0.25) is 0 Å². The molecule has 0 aromatic carbocycles. The molecule has 28 heavy (non-hydrogen) atoms. The number of carbonyl (C=O) groups is 2. The van der Waals surface area contributed by atoms with Crippen LogP contribution in [0, 0.1) is 5.92 Å². The fourth-order valence-electron chi connectivity index (χ4n) is 3.06. The van der Waals surface area contributed by atoms with E-state index >= 15 is 0 Å². The molecule has 0 heterocycles. The molecule has 0 spiro atoms. The van der Waals surface area contributed by atoms with Crippen LogP contribution in [0.3, 0.4) is 0 Å². The van der Waals surface area contributed by atoms with Crippen LogP contribution in [-0.2, 0) is 19.1 Å². The van der Waals surface area contributed by atoms with Gasteiger partial charge in [0.25, 0.3) is 0 Å². The maximum absolute atomic E-state index is 11.6. The van der Waals surface area contributed by atoms with Gasteiger partial charge in [0.2, 0.25) is 0 Å². The number of hydrogen-bond acceptors (Lipinski definition) is 4. The summed E-state index contributed by atoms with van der Waals surface area (Å²) in [5.74, 6) is -0.0270. The second-order valence-electron chi connectivity index (χ2n) is 8.13. The quantitative estimate of drug-likeness (QED) is 0.164. The van der Waals surface area contributed by atoms with E-state index in [4.69, 9.17) is 9.47 Å². The summed E-state index contributed by atoms with van der Waals surface area (Å²) in [6, 6.07) is 0. The fourth-order valence-corrected chi connectivity index (χ4v) is 3.06. The lowest BCUT2D eigenvalue weighted by atomic mass is 10.1. The average Bonchev–Trinajstić information content (AvgIpc) is 2.69. The van der Waals surface area contributed by atoms with E-state index in [0.29, 0.717) is 19.1 Å². The molecule has 4 nitrogen and oxygen atoms in total. The normalized spacial score (nSPS) is 12.0. The van der Waals surface area contributed by atoms with Gasteiger partial charge < -0.3 is 9.47 Å². The van der Waals surface area contributed by atoms with Crippen molar-refractivity contribution in [1.29, 1.82) is 0 Å². The lowest BCUT2D eigenvalue weighted by molar-refractivity contribution is -0.150. The third-order valence-electron chi connectivity index (χ3n) is 5.36. The van der Waals surface area contributed by atoms with Crippen molar-refractivity contribution in [2.75, 3.05) is 13.2 Å². The van der Waals surface area contributed by atoms with Gasteiger partial charge in [0, 0.05) is 0 Å². The summed E-state index contributed by atoms with van der Waals surface area (Å²) in [4.78, 5) is 23.2. The molecule has 4 heteroatoms. The highest BCUT2D eigenvalue weighted by Gasteiger charge is 2.09. The van der Waals surface area contributed by atoms with Gasteiger partial charge in [-0.1, -0.05) is 97.8 Å². The molecular formula is C24H46O4. The van der Waals surface area contributed by atoms with Crippen molar-refractivity contribution in [2.24, 2.45) is 5.92 Å². The topological polar surface area (TPSA) is 52.6 Å². The standard InChI is InChI=1S/C24H46O4/c1-4-6-7-8-9-10-11-12-13-14-15-16-20-27-23(25)17-18-24(26)28-21-19-22(3)5-2/h22H,4-21H2,1-3H3. The van der Waals surface area contributed by atoms with Crippen molar-refractivity contribution < 1.29 is 19.1 Å². The molecule has 0 bridgehead atoms. The molecule has 0 aromatic heterocycles. The number of carbonyl (C=O) groups excluding carboxylic acids is 2. The SMILES string of the molecule is CCCCCCCCCCCCCCOC(=O)CCC(=O)OCCC(C)CC. The summed E-state index contributed by atoms with van der Waals surface area (Å²) in [5.41, 5.74) is 0. The highest BCUT2D eigenvalue weighted by Crippen LogP contribution is 2.12. The predicted molar refractivity (Wildman–Crippen MR) is 116 cm³/mol. The van der Waals surface area contributed by atoms with E-state index in [1.807, 2.05) is 0 Å². The van der Waals surface area contributed by atoms with Crippen molar-refractivity contribution in [1.82, 2.24) is 0 Å². The van der Waals surface area contributed by atoms with Crippen LogP contribution in [0.1, 0.15) is 124 Å². The molecule has 0 aliphatic carbocycles. The zero-order valence-corrected chi connectivity index (χ0v) is 18.9. The molecule has 0 aliphatic rings. The van der Waals surface area contributed by atoms with Gasteiger partial charge in [-0.15, -0.1) is 0 Å². The van der Waals surface area contributed by atoms with E-state index < -0.39 is 0 Å². The van der Waals surface area contributed by atoms with Crippen LogP contribution in [0.5, 0.6) is 0 Å². The van der Waals surface area contributed by atoms with Crippen LogP contribution in [0.25, 0.3) is 0 Å². The van der Waals surface area contributed by atoms with Crippen LogP contribution in [0.15, 0.2) is 0 Å². The minimum absolute atomic E-state index is 0.123. The van der Waals surface area contributed by atoms with Crippen LogP contribution < -0.4 is 0 Å². The zero-order chi connectivity index (χ0) is 20.9. The van der Waals surface area contributed by atoms with E-state index in [1.54, 1.807) is 0 Å². The van der Waals surface area contributed by atoms with Crippen molar-refractivity contribution in [3.8, 4) is 0 Å². The minimum Gasteiger partial charge on any atom is -0.466 e. The van der Waals surface area contributed by atoms with Gasteiger partial charge in [0.15, 0.2) is 0 Å². The average molecular weight is 399 g/mol. The third kappa shape index (κ3) is 19.7. The first-order valence-electron chi connectivity index (χ1n) is 11.9. The van der Waals surface area contributed by atoms with Gasteiger partial charge in [0.05, 0.1) is 26.1 Å². The van der Waals surface area contributed by atoms with Gasteiger partial charge in [0.1, 0.15) is 0 Å². The fraction of sp³-hybridized carbons (Fsp3) is 0.917. The Morgan fingerprint density at radius 2 is 1.07 bits per heavy atom. The number of esters is 2. The Hall–Kier alpha value is -1.06. The summed E-state index contributed by atoms with van der Waals surface area (Å²) in [6.45, 7) is 7.44. The van der Waals surface area contributed by atoms with Crippen LogP contribution in [-0.4, -0.2) is 25.2 Å². The zero-order valence-electron chi connectivity index (χ0n) is 18.9. The summed E-state index contributed by atoms with van der Waals surface area (Å²) in [7, 11) is 0. The van der Waals surface area contributed by atoms with Gasteiger partial charge in [-0.25, -0.2) is 0 Å². The number of rotatable bonds is 20. The number of unbranched alkanes of at least 4 members (excludes halogenated alkanes) is 11. The number of ether oxygens (including phenoxy) is 2. The summed E-state index contributed by atoms with van der Waals surface area (Å²) in [6.07, 6.45) is 17.7. The Morgan fingerprint density at radius 1 is 0.643 bits per heavy atom. The Kier molecular flexibility index (Phi) is 19.9. The van der Waals surface area contributed by atoms with E-state index in [0.717, 1.165) is 25.7 Å². The molecular weight excluding hydrogens is 352 g/mol. The van der Waals surface area contributed by atoms with Crippen molar-refractivity contribution >= 4 is 11.9 Å². The van der Waals surface area contributed by atoms with Gasteiger partial charge in [-0.3, -0.25) is 9.59 Å². The maximum Gasteiger partial charge on any atom is 0.306 e. The summed E-state index contributed by atoms with van der Waals surface area (Å²) < 4.78 is 10.3. The molecule has 0 saturated heterocycles. The summed E-state index contributed by atoms with van der Waals surface area (Å²) >= 11 is 0. The summed E-state index contributed by atoms with van der Waals surface area (Å²) in [5, 5.41) is 0. The van der Waals surface area contributed by atoms with Gasteiger partial charge >= 0.3 is 11.9 Å². The van der Waals surface area contributed by atoms with Gasteiger partial charge in [-0.2, -0.15) is 0 Å². The second kappa shape index (κ2) is 20.7. The molecule has 0 radical (unpaired) electrons. The Balaban J connectivity index is 3.31. The second-order valence-corrected chi connectivity index (χ2v) is 8.13. The molecule has 0 amide bonds. The first kappa shape index (κ1) is 26.9. The van der Waals surface area contributed by atoms with E-state index in [9.17, 15) is 9.59 Å². The number of hydrogen-bond donors (Lipinski definition) is 0. The molecule has 0 fully saturated rings. The van der Waals surface area contributed by atoms with E-state index in [-0.39, 0.29) is 24.8 Å².